The first-order valence-corrected chi connectivity index (χ1v) is 3.80. The van der Waals surface area contributed by atoms with Crippen LogP contribution in [0.1, 0.15) is 6.92 Å². The highest BCUT2D eigenvalue weighted by Crippen LogP contribution is 2.11. The Morgan fingerprint density at radius 1 is 1.83 bits per heavy atom. The van der Waals surface area contributed by atoms with Gasteiger partial charge in [0.25, 0.3) is 0 Å². The second-order valence-electron chi connectivity index (χ2n) is 2.82. The van der Waals surface area contributed by atoms with Gasteiger partial charge in [0, 0.05) is 13.5 Å². The molecule has 2 N–H and O–H groups in total. The minimum Gasteiger partial charge on any atom is -0.464 e. The van der Waals surface area contributed by atoms with Gasteiger partial charge >= 0.3 is 5.97 Å². The van der Waals surface area contributed by atoms with Crippen LogP contribution in [0.15, 0.2) is 0 Å². The van der Waals surface area contributed by atoms with Crippen LogP contribution in [0.3, 0.4) is 0 Å². The van der Waals surface area contributed by atoms with E-state index in [-0.39, 0.29) is 13.2 Å². The zero-order valence-corrected chi connectivity index (χ0v) is 6.79. The van der Waals surface area contributed by atoms with Crippen molar-refractivity contribution < 1.29 is 19.0 Å². The molecule has 4 nitrogen and oxygen atoms in total. The van der Waals surface area contributed by atoms with Crippen molar-refractivity contribution in [3.63, 3.8) is 0 Å². The highest BCUT2D eigenvalue weighted by atomic mass is 19.1. The Morgan fingerprint density at radius 3 is 2.92 bits per heavy atom. The molecule has 0 bridgehead atoms. The van der Waals surface area contributed by atoms with Crippen molar-refractivity contribution in [2.45, 2.75) is 25.2 Å². The molecular weight excluding hydrogens is 165 g/mol. The Kier molecular flexibility index (Phi) is 2.99. The van der Waals surface area contributed by atoms with Gasteiger partial charge in [0.15, 0.2) is 0 Å². The predicted octanol–water partition coefficient (Wildman–Crippen LogP) is -0.780. The molecular formula is C7H12FNO3. The fraction of sp³-hybridized carbons (Fsp3) is 0.857. The first kappa shape index (κ1) is 9.41. The number of carbonyl (C=O) groups excluding carboxylic acids is 1. The van der Waals surface area contributed by atoms with Gasteiger partial charge in [0.05, 0.1) is 6.04 Å². The van der Waals surface area contributed by atoms with Gasteiger partial charge in [-0.3, -0.25) is 4.79 Å². The van der Waals surface area contributed by atoms with Crippen LogP contribution in [0.4, 0.5) is 4.39 Å². The van der Waals surface area contributed by atoms with Crippen LogP contribution < -0.4 is 5.32 Å². The highest BCUT2D eigenvalue weighted by molar-refractivity contribution is 5.65. The van der Waals surface area contributed by atoms with Crippen molar-refractivity contribution in [2.75, 3.05) is 13.2 Å². The van der Waals surface area contributed by atoms with E-state index in [1.165, 1.54) is 6.92 Å². The molecule has 0 unspecified atom stereocenters. The summed E-state index contributed by atoms with van der Waals surface area (Å²) in [7, 11) is 0. The lowest BCUT2D eigenvalue weighted by molar-refractivity contribution is -0.142. The summed E-state index contributed by atoms with van der Waals surface area (Å²) < 4.78 is 17.3. The van der Waals surface area contributed by atoms with Crippen molar-refractivity contribution in [1.82, 2.24) is 5.32 Å². The van der Waals surface area contributed by atoms with Gasteiger partial charge in [-0.05, 0) is 0 Å². The third-order valence-corrected chi connectivity index (χ3v) is 1.82. The van der Waals surface area contributed by atoms with Crippen molar-refractivity contribution in [3.05, 3.63) is 0 Å². The van der Waals surface area contributed by atoms with Crippen LogP contribution in [-0.2, 0) is 9.53 Å². The van der Waals surface area contributed by atoms with E-state index in [0.29, 0.717) is 0 Å². The van der Waals surface area contributed by atoms with Crippen LogP contribution in [0.2, 0.25) is 0 Å². The minimum atomic E-state index is -1.26. The summed E-state index contributed by atoms with van der Waals surface area (Å²) in [5.74, 6) is -0.425. The summed E-state index contributed by atoms with van der Waals surface area (Å²) in [4.78, 5) is 10.4. The van der Waals surface area contributed by atoms with Crippen LogP contribution in [0, 0.1) is 0 Å². The number of ether oxygens (including phenoxy) is 1. The lowest BCUT2D eigenvalue weighted by Crippen LogP contribution is -2.36. The molecule has 1 aliphatic rings. The van der Waals surface area contributed by atoms with Crippen molar-refractivity contribution >= 4 is 5.97 Å². The molecule has 1 aliphatic heterocycles. The molecule has 0 aromatic heterocycles. The van der Waals surface area contributed by atoms with Crippen LogP contribution in [0.5, 0.6) is 0 Å². The molecule has 1 heterocycles. The standard InChI is InChI=1S/C7H12FNO3/c1-4(10)12-3-6-7(11)5(8)2-9-6/h5-7,9,11H,2-3H2,1H3/t5-,6+,7+/m0/s1. The summed E-state index contributed by atoms with van der Waals surface area (Å²) in [5.41, 5.74) is 0. The Morgan fingerprint density at radius 2 is 2.50 bits per heavy atom. The Hall–Kier alpha value is -0.680. The zero-order chi connectivity index (χ0) is 9.14. The summed E-state index contributed by atoms with van der Waals surface area (Å²) in [5, 5.41) is 11.9. The first-order valence-electron chi connectivity index (χ1n) is 3.80. The monoisotopic (exact) mass is 177 g/mol. The van der Waals surface area contributed by atoms with Crippen molar-refractivity contribution in [2.24, 2.45) is 0 Å². The van der Waals surface area contributed by atoms with E-state index >= 15 is 0 Å². The molecule has 1 saturated heterocycles. The van der Waals surface area contributed by atoms with E-state index < -0.39 is 24.3 Å². The number of hydrogen-bond donors (Lipinski definition) is 2. The SMILES string of the molecule is CC(=O)OC[C@H]1NC[C@H](F)[C@H]1O. The molecule has 1 fully saturated rings. The van der Waals surface area contributed by atoms with Gasteiger partial charge < -0.3 is 15.2 Å². The number of aliphatic hydroxyl groups excluding tert-OH is 1. The molecule has 5 heteroatoms. The molecule has 70 valence electrons. The van der Waals surface area contributed by atoms with E-state index in [4.69, 9.17) is 5.11 Å². The Labute approximate surface area is 69.7 Å². The van der Waals surface area contributed by atoms with E-state index in [9.17, 15) is 9.18 Å². The van der Waals surface area contributed by atoms with Crippen LogP contribution in [0.25, 0.3) is 0 Å². The number of alkyl halides is 1. The molecule has 0 amide bonds. The predicted molar refractivity (Wildman–Crippen MR) is 39.3 cm³/mol. The average molecular weight is 177 g/mol. The van der Waals surface area contributed by atoms with E-state index in [0.717, 1.165) is 0 Å². The average Bonchev–Trinajstić information content (AvgIpc) is 2.30. The quantitative estimate of drug-likeness (QED) is 0.543. The van der Waals surface area contributed by atoms with Crippen LogP contribution >= 0.6 is 0 Å². The lowest BCUT2D eigenvalue weighted by atomic mass is 10.2. The number of nitrogens with one attached hydrogen (secondary N) is 1. The Bertz CT molecular complexity index is 176. The number of esters is 1. The lowest BCUT2D eigenvalue weighted by Gasteiger charge is -2.14. The van der Waals surface area contributed by atoms with Crippen molar-refractivity contribution in [3.8, 4) is 0 Å². The summed E-state index contributed by atoms with van der Waals surface area (Å²) in [6, 6.07) is -0.469. The summed E-state index contributed by atoms with van der Waals surface area (Å²) in [6.07, 6.45) is -2.32. The van der Waals surface area contributed by atoms with Gasteiger partial charge in [0.1, 0.15) is 18.9 Å². The van der Waals surface area contributed by atoms with Gasteiger partial charge in [-0.15, -0.1) is 0 Å². The number of carbonyl (C=O) groups is 1. The second kappa shape index (κ2) is 3.82. The Balaban J connectivity index is 2.29. The minimum absolute atomic E-state index is 0.0247. The molecule has 3 atom stereocenters. The van der Waals surface area contributed by atoms with E-state index in [1.807, 2.05) is 0 Å². The first-order chi connectivity index (χ1) is 5.61. The number of rotatable bonds is 2. The van der Waals surface area contributed by atoms with Crippen molar-refractivity contribution in [1.29, 1.82) is 0 Å². The third-order valence-electron chi connectivity index (χ3n) is 1.82. The maximum Gasteiger partial charge on any atom is 0.302 e. The normalized spacial score (nSPS) is 35.1. The molecule has 12 heavy (non-hydrogen) atoms. The largest absolute Gasteiger partial charge is 0.464 e. The molecule has 1 rings (SSSR count). The number of hydrogen-bond acceptors (Lipinski definition) is 4. The maximum absolute atomic E-state index is 12.6. The molecule has 0 spiro atoms. The fourth-order valence-electron chi connectivity index (χ4n) is 1.12. The van der Waals surface area contributed by atoms with Gasteiger partial charge in [-0.2, -0.15) is 0 Å². The zero-order valence-electron chi connectivity index (χ0n) is 6.79. The van der Waals surface area contributed by atoms with Gasteiger partial charge in [-0.1, -0.05) is 0 Å². The molecule has 0 aromatic rings. The topological polar surface area (TPSA) is 58.6 Å². The number of aliphatic hydroxyl groups is 1. The highest BCUT2D eigenvalue weighted by Gasteiger charge is 2.34. The summed E-state index contributed by atoms with van der Waals surface area (Å²) in [6.45, 7) is 1.41. The van der Waals surface area contributed by atoms with E-state index in [2.05, 4.69) is 10.1 Å². The molecule has 0 aliphatic carbocycles. The molecule has 0 radical (unpaired) electrons. The second-order valence-corrected chi connectivity index (χ2v) is 2.82. The van der Waals surface area contributed by atoms with E-state index in [1.54, 1.807) is 0 Å². The smallest absolute Gasteiger partial charge is 0.302 e. The van der Waals surface area contributed by atoms with Gasteiger partial charge in [-0.25, -0.2) is 4.39 Å². The third kappa shape index (κ3) is 2.15. The molecule has 0 saturated carbocycles. The van der Waals surface area contributed by atoms with Gasteiger partial charge in [0.2, 0.25) is 0 Å². The maximum atomic E-state index is 12.6. The van der Waals surface area contributed by atoms with Crippen LogP contribution in [-0.4, -0.2) is 42.5 Å². The summed E-state index contributed by atoms with van der Waals surface area (Å²) >= 11 is 0. The fourth-order valence-corrected chi connectivity index (χ4v) is 1.12. The number of halogens is 1. The molecule has 0 aromatic carbocycles.